The highest BCUT2D eigenvalue weighted by molar-refractivity contribution is 5.96. The summed E-state index contributed by atoms with van der Waals surface area (Å²) in [7, 11) is 0. The van der Waals surface area contributed by atoms with Gasteiger partial charge in [-0.3, -0.25) is 14.5 Å². The van der Waals surface area contributed by atoms with E-state index in [1.807, 2.05) is 13.0 Å². The maximum Gasteiger partial charge on any atom is 0.254 e. The van der Waals surface area contributed by atoms with E-state index in [1.165, 1.54) is 41.3 Å². The highest BCUT2D eigenvalue weighted by Gasteiger charge is 2.24. The van der Waals surface area contributed by atoms with Crippen molar-refractivity contribution in [3.8, 4) is 0 Å². The number of morpholine rings is 1. The van der Waals surface area contributed by atoms with Crippen LogP contribution in [0.2, 0.25) is 0 Å². The number of furan rings is 1. The molecule has 9 heteroatoms. The van der Waals surface area contributed by atoms with E-state index in [0.29, 0.717) is 37.6 Å². The van der Waals surface area contributed by atoms with Crippen LogP contribution in [0.1, 0.15) is 27.4 Å². The van der Waals surface area contributed by atoms with Crippen molar-refractivity contribution in [3.63, 3.8) is 0 Å². The maximum absolute atomic E-state index is 13.6. The molecule has 4 rings (SSSR count). The van der Waals surface area contributed by atoms with Crippen molar-refractivity contribution in [2.24, 2.45) is 0 Å². The van der Waals surface area contributed by atoms with E-state index < -0.39 is 5.82 Å². The molecule has 0 spiro atoms. The SMILES string of the molecule is Cc1ccc(CN(Cc2ccc(F)cc2)C(=O)CN(CCN2CCOCC2)C(=O)c2ccc(F)cc2)o1. The van der Waals surface area contributed by atoms with Gasteiger partial charge in [-0.1, -0.05) is 12.1 Å². The van der Waals surface area contributed by atoms with E-state index in [0.717, 1.165) is 24.4 Å². The number of aryl methyl sites for hydroxylation is 1. The molecule has 3 aromatic rings. The highest BCUT2D eigenvalue weighted by atomic mass is 19.1. The number of nitrogens with zero attached hydrogens (tertiary/aromatic N) is 3. The number of benzene rings is 2. The number of carbonyl (C=O) groups is 2. The van der Waals surface area contributed by atoms with Crippen LogP contribution in [0.4, 0.5) is 8.78 Å². The Morgan fingerprint density at radius 1 is 0.865 bits per heavy atom. The summed E-state index contributed by atoms with van der Waals surface area (Å²) >= 11 is 0. The number of hydrogen-bond acceptors (Lipinski definition) is 5. The molecule has 0 bridgehead atoms. The standard InChI is InChI=1S/C28H31F2N3O4/c1-21-2-11-26(37-21)19-33(18-22-3-7-24(29)8-4-22)27(34)20-32(13-12-31-14-16-36-17-15-31)28(35)23-5-9-25(30)10-6-23/h2-11H,12-20H2,1H3. The van der Waals surface area contributed by atoms with Crippen LogP contribution in [0.25, 0.3) is 0 Å². The summed E-state index contributed by atoms with van der Waals surface area (Å²) in [6.45, 7) is 5.74. The Hall–Kier alpha value is -3.56. The number of halogens is 2. The minimum absolute atomic E-state index is 0.165. The van der Waals surface area contributed by atoms with Gasteiger partial charge in [0.15, 0.2) is 0 Å². The van der Waals surface area contributed by atoms with Crippen LogP contribution >= 0.6 is 0 Å². The molecule has 37 heavy (non-hydrogen) atoms. The molecular formula is C28H31F2N3O4. The lowest BCUT2D eigenvalue weighted by molar-refractivity contribution is -0.133. The first-order chi connectivity index (χ1) is 17.9. The van der Waals surface area contributed by atoms with Crippen molar-refractivity contribution in [2.45, 2.75) is 20.0 Å². The molecule has 0 saturated carbocycles. The lowest BCUT2D eigenvalue weighted by Crippen LogP contribution is -2.47. The van der Waals surface area contributed by atoms with Crippen LogP contribution in [0, 0.1) is 18.6 Å². The van der Waals surface area contributed by atoms with Gasteiger partial charge in [0.2, 0.25) is 5.91 Å². The second-order valence-corrected chi connectivity index (χ2v) is 9.08. The Labute approximate surface area is 215 Å². The molecule has 1 saturated heterocycles. The van der Waals surface area contributed by atoms with E-state index in [4.69, 9.17) is 9.15 Å². The van der Waals surface area contributed by atoms with E-state index >= 15 is 0 Å². The quantitative estimate of drug-likeness (QED) is 0.414. The zero-order chi connectivity index (χ0) is 26.2. The molecule has 2 amide bonds. The first-order valence-electron chi connectivity index (χ1n) is 12.3. The van der Waals surface area contributed by atoms with E-state index in [1.54, 1.807) is 23.1 Å². The zero-order valence-electron chi connectivity index (χ0n) is 20.9. The van der Waals surface area contributed by atoms with Crippen molar-refractivity contribution in [1.29, 1.82) is 0 Å². The van der Waals surface area contributed by atoms with Crippen LogP contribution < -0.4 is 0 Å². The van der Waals surface area contributed by atoms with E-state index in [-0.39, 0.29) is 37.3 Å². The van der Waals surface area contributed by atoms with Gasteiger partial charge in [-0.2, -0.15) is 0 Å². The number of rotatable bonds is 10. The third-order valence-corrected chi connectivity index (χ3v) is 6.28. The molecule has 2 aromatic carbocycles. The Morgan fingerprint density at radius 2 is 1.51 bits per heavy atom. The molecule has 2 heterocycles. The van der Waals surface area contributed by atoms with Crippen molar-refractivity contribution in [2.75, 3.05) is 45.9 Å². The molecule has 0 atom stereocenters. The lowest BCUT2D eigenvalue weighted by Gasteiger charge is -2.31. The molecule has 196 valence electrons. The van der Waals surface area contributed by atoms with Gasteiger partial charge in [0, 0.05) is 38.3 Å². The first-order valence-corrected chi connectivity index (χ1v) is 12.3. The topological polar surface area (TPSA) is 66.2 Å². The van der Waals surface area contributed by atoms with Gasteiger partial charge in [-0.15, -0.1) is 0 Å². The molecule has 1 aromatic heterocycles. The minimum atomic E-state index is -0.438. The Balaban J connectivity index is 1.53. The van der Waals surface area contributed by atoms with Crippen LogP contribution in [0.15, 0.2) is 65.1 Å². The number of carbonyl (C=O) groups excluding carboxylic acids is 2. The van der Waals surface area contributed by atoms with Gasteiger partial charge in [-0.25, -0.2) is 8.78 Å². The fourth-order valence-electron chi connectivity index (χ4n) is 4.18. The summed E-state index contributed by atoms with van der Waals surface area (Å²) in [5.74, 6) is -0.0947. The molecule has 7 nitrogen and oxygen atoms in total. The van der Waals surface area contributed by atoms with Gasteiger partial charge >= 0.3 is 0 Å². The van der Waals surface area contributed by atoms with Crippen molar-refractivity contribution < 1.29 is 27.5 Å². The normalized spacial score (nSPS) is 13.9. The Morgan fingerprint density at radius 3 is 2.14 bits per heavy atom. The van der Waals surface area contributed by atoms with Crippen molar-refractivity contribution in [1.82, 2.24) is 14.7 Å². The summed E-state index contributed by atoms with van der Waals surface area (Å²) in [5, 5.41) is 0. The third kappa shape index (κ3) is 7.71. The molecule has 1 fully saturated rings. The summed E-state index contributed by atoms with van der Waals surface area (Å²) < 4.78 is 38.0. The summed E-state index contributed by atoms with van der Waals surface area (Å²) in [6, 6.07) is 14.9. The van der Waals surface area contributed by atoms with E-state index in [9.17, 15) is 18.4 Å². The zero-order valence-corrected chi connectivity index (χ0v) is 20.9. The molecule has 1 aliphatic heterocycles. The smallest absolute Gasteiger partial charge is 0.254 e. The predicted octanol–water partition coefficient (Wildman–Crippen LogP) is 3.87. The minimum Gasteiger partial charge on any atom is -0.464 e. The van der Waals surface area contributed by atoms with Gasteiger partial charge in [0.1, 0.15) is 29.7 Å². The molecule has 1 aliphatic rings. The van der Waals surface area contributed by atoms with E-state index in [2.05, 4.69) is 4.90 Å². The lowest BCUT2D eigenvalue weighted by atomic mass is 10.1. The predicted molar refractivity (Wildman–Crippen MR) is 134 cm³/mol. The average molecular weight is 512 g/mol. The molecule has 0 aliphatic carbocycles. The third-order valence-electron chi connectivity index (χ3n) is 6.28. The maximum atomic E-state index is 13.6. The summed E-state index contributed by atoms with van der Waals surface area (Å²) in [5.41, 5.74) is 1.06. The van der Waals surface area contributed by atoms with Gasteiger partial charge in [-0.05, 0) is 61.0 Å². The largest absolute Gasteiger partial charge is 0.464 e. The molecule has 0 N–H and O–H groups in total. The Bertz CT molecular complexity index is 1170. The number of hydrogen-bond donors (Lipinski definition) is 0. The van der Waals surface area contributed by atoms with Gasteiger partial charge in [0.05, 0.1) is 19.8 Å². The van der Waals surface area contributed by atoms with Gasteiger partial charge in [0.25, 0.3) is 5.91 Å². The first kappa shape index (κ1) is 26.5. The summed E-state index contributed by atoms with van der Waals surface area (Å²) in [6.07, 6.45) is 0. The summed E-state index contributed by atoms with van der Waals surface area (Å²) in [4.78, 5) is 32.2. The van der Waals surface area contributed by atoms with Crippen LogP contribution in [0.3, 0.4) is 0 Å². The van der Waals surface area contributed by atoms with Crippen LogP contribution in [-0.2, 0) is 22.6 Å². The molecule has 0 radical (unpaired) electrons. The van der Waals surface area contributed by atoms with Gasteiger partial charge < -0.3 is 19.0 Å². The Kier molecular flexibility index (Phi) is 9.03. The molecular weight excluding hydrogens is 480 g/mol. The van der Waals surface area contributed by atoms with Crippen molar-refractivity contribution >= 4 is 11.8 Å². The fraction of sp³-hybridized carbons (Fsp3) is 0.357. The second-order valence-electron chi connectivity index (χ2n) is 9.08. The average Bonchev–Trinajstić information content (AvgIpc) is 3.32. The highest BCUT2D eigenvalue weighted by Crippen LogP contribution is 2.15. The monoisotopic (exact) mass is 511 g/mol. The fourth-order valence-corrected chi connectivity index (χ4v) is 4.18. The number of ether oxygens (including phenoxy) is 1. The van der Waals surface area contributed by atoms with Crippen LogP contribution in [-0.4, -0.2) is 72.5 Å². The molecule has 0 unspecified atom stereocenters. The van der Waals surface area contributed by atoms with Crippen molar-refractivity contribution in [3.05, 3.63) is 94.9 Å². The number of amides is 2. The second kappa shape index (κ2) is 12.6. The van der Waals surface area contributed by atoms with Crippen LogP contribution in [0.5, 0.6) is 0 Å².